The Labute approximate surface area is 90.9 Å². The molecular weight excluding hydrogens is 238 g/mol. The van der Waals surface area contributed by atoms with E-state index >= 15 is 0 Å². The third kappa shape index (κ3) is 2.35. The molecule has 1 atom stereocenters. The molecule has 86 valence electrons. The van der Waals surface area contributed by atoms with Crippen molar-refractivity contribution < 1.29 is 17.2 Å². The summed E-state index contributed by atoms with van der Waals surface area (Å²) in [5, 5.41) is 3.63. The molecule has 0 saturated carbocycles. The molecule has 1 aliphatic heterocycles. The molecule has 0 aliphatic carbocycles. The number of hydrogen-bond acceptors (Lipinski definition) is 4. The highest BCUT2D eigenvalue weighted by Gasteiger charge is 2.22. The Kier molecular flexibility index (Phi) is 2.63. The van der Waals surface area contributed by atoms with Crippen molar-refractivity contribution in [2.24, 2.45) is 0 Å². The smallest absolute Gasteiger partial charge is 0.173 e. The molecule has 0 saturated heterocycles. The predicted molar refractivity (Wildman–Crippen MR) is 54.5 cm³/mol. The van der Waals surface area contributed by atoms with Crippen molar-refractivity contribution >= 4 is 15.7 Å². The first-order chi connectivity index (χ1) is 7.46. The Bertz CT molecular complexity index is 542. The highest BCUT2D eigenvalue weighted by molar-refractivity contribution is 7.94. The fraction of sp³-hybridized carbons (Fsp3) is 0.222. The summed E-state index contributed by atoms with van der Waals surface area (Å²) in [6.45, 7) is 0. The number of sulfone groups is 1. The summed E-state index contributed by atoms with van der Waals surface area (Å²) in [7, 11) is -3.20. The molecule has 1 unspecified atom stereocenters. The lowest BCUT2D eigenvalue weighted by Gasteiger charge is -2.10. The average Bonchev–Trinajstić information content (AvgIpc) is 2.51. The van der Waals surface area contributed by atoms with Gasteiger partial charge in [-0.1, -0.05) is 0 Å². The molecule has 0 bridgehead atoms. The first-order valence-corrected chi connectivity index (χ1v) is 6.16. The number of nitrogens with zero attached hydrogens (tertiary/aromatic N) is 1. The lowest BCUT2D eigenvalue weighted by molar-refractivity contribution is 0.574. The normalized spacial score (nSPS) is 22.2. The molecule has 16 heavy (non-hydrogen) atoms. The summed E-state index contributed by atoms with van der Waals surface area (Å²) < 4.78 is 47.8. The van der Waals surface area contributed by atoms with Crippen LogP contribution in [0.15, 0.2) is 23.7 Å². The highest BCUT2D eigenvalue weighted by atomic mass is 32.2. The van der Waals surface area contributed by atoms with Crippen LogP contribution in [0.25, 0.3) is 0 Å². The van der Waals surface area contributed by atoms with Gasteiger partial charge in [0.15, 0.2) is 21.5 Å². The van der Waals surface area contributed by atoms with Crippen molar-refractivity contribution in [2.75, 3.05) is 11.1 Å². The van der Waals surface area contributed by atoms with Gasteiger partial charge in [-0.25, -0.2) is 22.2 Å². The molecule has 1 N–H and O–H groups in total. The quantitative estimate of drug-likeness (QED) is 0.848. The van der Waals surface area contributed by atoms with Gasteiger partial charge < -0.3 is 5.32 Å². The molecule has 4 nitrogen and oxygen atoms in total. The zero-order valence-electron chi connectivity index (χ0n) is 8.02. The van der Waals surface area contributed by atoms with Gasteiger partial charge in [-0.2, -0.15) is 0 Å². The molecule has 0 aromatic carbocycles. The molecule has 7 heteroatoms. The second kappa shape index (κ2) is 3.82. The van der Waals surface area contributed by atoms with Gasteiger partial charge in [-0.05, 0) is 6.08 Å². The van der Waals surface area contributed by atoms with Gasteiger partial charge in [0.25, 0.3) is 0 Å². The third-order valence-electron chi connectivity index (χ3n) is 2.06. The first kappa shape index (κ1) is 11.0. The number of pyridine rings is 1. The number of rotatable bonds is 2. The van der Waals surface area contributed by atoms with E-state index in [1.807, 2.05) is 0 Å². The monoisotopic (exact) mass is 246 g/mol. The zero-order chi connectivity index (χ0) is 11.8. The SMILES string of the molecule is O=S1(=O)C=CC(Nc2ncc(F)cc2F)C1. The second-order valence-corrected chi connectivity index (χ2v) is 5.32. The van der Waals surface area contributed by atoms with Gasteiger partial charge in [-0.15, -0.1) is 0 Å². The second-order valence-electron chi connectivity index (χ2n) is 3.39. The molecule has 1 aromatic heterocycles. The Morgan fingerprint density at radius 1 is 1.44 bits per heavy atom. The molecule has 1 aromatic rings. The summed E-state index contributed by atoms with van der Waals surface area (Å²) in [5.74, 6) is -1.94. The summed E-state index contributed by atoms with van der Waals surface area (Å²) >= 11 is 0. The van der Waals surface area contributed by atoms with E-state index in [9.17, 15) is 17.2 Å². The standard InChI is InChI=1S/C9H8F2N2O2S/c10-6-3-8(11)9(12-4-6)13-7-1-2-16(14,15)5-7/h1-4,7H,5H2,(H,12,13). The topological polar surface area (TPSA) is 59.1 Å². The molecule has 0 spiro atoms. The van der Waals surface area contributed by atoms with Gasteiger partial charge in [-0.3, -0.25) is 0 Å². The molecule has 2 rings (SSSR count). The maximum Gasteiger partial charge on any atom is 0.173 e. The third-order valence-corrected chi connectivity index (χ3v) is 3.46. The molecule has 0 fully saturated rings. The van der Waals surface area contributed by atoms with E-state index in [0.29, 0.717) is 6.07 Å². The van der Waals surface area contributed by atoms with Crippen LogP contribution in [0.2, 0.25) is 0 Å². The van der Waals surface area contributed by atoms with Gasteiger partial charge in [0.2, 0.25) is 0 Å². The van der Waals surface area contributed by atoms with Gasteiger partial charge >= 0.3 is 0 Å². The van der Waals surface area contributed by atoms with E-state index in [0.717, 1.165) is 11.6 Å². The van der Waals surface area contributed by atoms with Crippen LogP contribution in [0, 0.1) is 11.6 Å². The number of hydrogen-bond donors (Lipinski definition) is 1. The summed E-state index contributed by atoms with van der Waals surface area (Å²) in [6, 6.07) is 0.153. The van der Waals surface area contributed by atoms with Crippen LogP contribution in [0.1, 0.15) is 0 Å². The fourth-order valence-corrected chi connectivity index (χ4v) is 2.60. The van der Waals surface area contributed by atoms with Crippen LogP contribution >= 0.6 is 0 Å². The van der Waals surface area contributed by atoms with Gasteiger partial charge in [0.1, 0.15) is 5.82 Å². The lowest BCUT2D eigenvalue weighted by Crippen LogP contribution is -2.22. The van der Waals surface area contributed by atoms with E-state index in [1.165, 1.54) is 6.08 Å². The van der Waals surface area contributed by atoms with Crippen molar-refractivity contribution in [3.05, 3.63) is 35.4 Å². The number of anilines is 1. The van der Waals surface area contributed by atoms with Crippen LogP contribution in [0.5, 0.6) is 0 Å². The summed E-state index contributed by atoms with van der Waals surface area (Å²) in [5.41, 5.74) is 0. The number of aromatic nitrogens is 1. The Morgan fingerprint density at radius 3 is 2.75 bits per heavy atom. The number of halogens is 2. The highest BCUT2D eigenvalue weighted by Crippen LogP contribution is 2.16. The van der Waals surface area contributed by atoms with E-state index in [4.69, 9.17) is 0 Å². The summed E-state index contributed by atoms with van der Waals surface area (Å²) in [4.78, 5) is 3.50. The van der Waals surface area contributed by atoms with Crippen LogP contribution < -0.4 is 5.32 Å². The van der Waals surface area contributed by atoms with Crippen molar-refractivity contribution in [1.29, 1.82) is 0 Å². The predicted octanol–water partition coefficient (Wildman–Crippen LogP) is 1.08. The van der Waals surface area contributed by atoms with Crippen molar-refractivity contribution in [1.82, 2.24) is 4.98 Å². The Morgan fingerprint density at radius 2 is 2.19 bits per heavy atom. The zero-order valence-corrected chi connectivity index (χ0v) is 8.84. The minimum absolute atomic E-state index is 0.147. The average molecular weight is 246 g/mol. The maximum atomic E-state index is 13.2. The van der Waals surface area contributed by atoms with Gasteiger partial charge in [0, 0.05) is 11.5 Å². The van der Waals surface area contributed by atoms with Crippen LogP contribution in [0.4, 0.5) is 14.6 Å². The van der Waals surface area contributed by atoms with Crippen molar-refractivity contribution in [3.8, 4) is 0 Å². The lowest BCUT2D eigenvalue weighted by atomic mass is 10.3. The molecule has 0 radical (unpaired) electrons. The van der Waals surface area contributed by atoms with Crippen molar-refractivity contribution in [3.63, 3.8) is 0 Å². The van der Waals surface area contributed by atoms with Crippen molar-refractivity contribution in [2.45, 2.75) is 6.04 Å². The Hall–Kier alpha value is -1.50. The van der Waals surface area contributed by atoms with E-state index in [1.54, 1.807) is 0 Å². The molecule has 2 heterocycles. The van der Waals surface area contributed by atoms with Crippen LogP contribution in [-0.2, 0) is 9.84 Å². The molecular formula is C9H8F2N2O2S. The first-order valence-electron chi connectivity index (χ1n) is 4.45. The van der Waals surface area contributed by atoms with Crippen LogP contribution in [0.3, 0.4) is 0 Å². The van der Waals surface area contributed by atoms with E-state index in [2.05, 4.69) is 10.3 Å². The van der Waals surface area contributed by atoms with E-state index in [-0.39, 0.29) is 11.6 Å². The summed E-state index contributed by atoms with van der Waals surface area (Å²) in [6.07, 6.45) is 2.26. The van der Waals surface area contributed by atoms with E-state index < -0.39 is 27.5 Å². The largest absolute Gasteiger partial charge is 0.360 e. The minimum Gasteiger partial charge on any atom is -0.360 e. The molecule has 1 aliphatic rings. The Balaban J connectivity index is 2.14. The number of nitrogens with one attached hydrogen (secondary N) is 1. The molecule has 0 amide bonds. The fourth-order valence-electron chi connectivity index (χ4n) is 1.36. The minimum atomic E-state index is -3.20. The van der Waals surface area contributed by atoms with Gasteiger partial charge in [0.05, 0.1) is 18.0 Å². The van der Waals surface area contributed by atoms with Crippen LogP contribution in [-0.4, -0.2) is 25.2 Å². The maximum absolute atomic E-state index is 13.2.